The highest BCUT2D eigenvalue weighted by molar-refractivity contribution is 6.70. The summed E-state index contributed by atoms with van der Waals surface area (Å²) in [6.45, 7) is 7.96. The SMILES string of the molecule is CC1(C)N=C(Cl)c2cccc(F)c2C1(C)C. The molecule has 2 rings (SSSR count). The molecule has 1 heterocycles. The number of benzene rings is 1. The van der Waals surface area contributed by atoms with Crippen molar-refractivity contribution < 1.29 is 4.39 Å². The van der Waals surface area contributed by atoms with E-state index in [0.29, 0.717) is 16.3 Å². The molecule has 0 bridgehead atoms. The second-order valence-corrected chi connectivity index (χ2v) is 5.61. The number of rotatable bonds is 0. The van der Waals surface area contributed by atoms with Crippen LogP contribution in [0.25, 0.3) is 0 Å². The first-order chi connectivity index (χ1) is 7.27. The molecule has 0 N–H and O–H groups in total. The van der Waals surface area contributed by atoms with Gasteiger partial charge in [0, 0.05) is 16.5 Å². The van der Waals surface area contributed by atoms with Crippen LogP contribution in [0, 0.1) is 5.82 Å². The molecule has 1 aromatic carbocycles. The summed E-state index contributed by atoms with van der Waals surface area (Å²) in [5.41, 5.74) is 0.608. The second-order valence-electron chi connectivity index (χ2n) is 5.25. The van der Waals surface area contributed by atoms with Crippen LogP contribution < -0.4 is 0 Å². The molecule has 0 atom stereocenters. The zero-order valence-electron chi connectivity index (χ0n) is 9.94. The van der Waals surface area contributed by atoms with Crippen molar-refractivity contribution in [2.75, 3.05) is 0 Å². The fourth-order valence-electron chi connectivity index (χ4n) is 2.08. The third kappa shape index (κ3) is 1.40. The van der Waals surface area contributed by atoms with Crippen LogP contribution in [0.1, 0.15) is 38.8 Å². The van der Waals surface area contributed by atoms with E-state index in [4.69, 9.17) is 11.6 Å². The van der Waals surface area contributed by atoms with E-state index >= 15 is 0 Å². The van der Waals surface area contributed by atoms with Gasteiger partial charge in [-0.15, -0.1) is 0 Å². The van der Waals surface area contributed by atoms with E-state index in [1.807, 2.05) is 33.8 Å². The Bertz CT molecular complexity index is 475. The smallest absolute Gasteiger partial charge is 0.131 e. The summed E-state index contributed by atoms with van der Waals surface area (Å²) in [6.07, 6.45) is 0. The maximum absolute atomic E-state index is 14.0. The zero-order valence-corrected chi connectivity index (χ0v) is 10.7. The minimum absolute atomic E-state index is 0.205. The molecule has 0 fully saturated rings. The lowest BCUT2D eigenvalue weighted by Gasteiger charge is -2.43. The Morgan fingerprint density at radius 2 is 1.81 bits per heavy atom. The number of fused-ring (bicyclic) bond motifs is 1. The van der Waals surface area contributed by atoms with Crippen LogP contribution in [0.15, 0.2) is 23.2 Å². The number of hydrogen-bond acceptors (Lipinski definition) is 1. The Morgan fingerprint density at radius 3 is 2.44 bits per heavy atom. The lowest BCUT2D eigenvalue weighted by atomic mass is 9.67. The molecular weight excluding hydrogens is 225 g/mol. The van der Waals surface area contributed by atoms with E-state index in [9.17, 15) is 4.39 Å². The highest BCUT2D eigenvalue weighted by Crippen LogP contribution is 2.44. The minimum Gasteiger partial charge on any atom is -0.266 e. The molecule has 0 radical (unpaired) electrons. The molecule has 1 nitrogen and oxygen atoms in total. The standard InChI is InChI=1S/C13H15ClFN/c1-12(2)10-8(6-5-7-9(10)15)11(14)16-13(12,3)4/h5-7H,1-4H3. The fraction of sp³-hybridized carbons (Fsp3) is 0.462. The van der Waals surface area contributed by atoms with Gasteiger partial charge in [-0.05, 0) is 19.9 Å². The summed E-state index contributed by atoms with van der Waals surface area (Å²) < 4.78 is 14.0. The first-order valence-electron chi connectivity index (χ1n) is 5.32. The van der Waals surface area contributed by atoms with Crippen LogP contribution in [-0.2, 0) is 5.41 Å². The van der Waals surface area contributed by atoms with Gasteiger partial charge in [-0.25, -0.2) is 4.39 Å². The molecule has 16 heavy (non-hydrogen) atoms. The molecule has 86 valence electrons. The molecule has 0 aliphatic carbocycles. The van der Waals surface area contributed by atoms with Gasteiger partial charge in [-0.1, -0.05) is 37.6 Å². The van der Waals surface area contributed by atoms with Crippen LogP contribution in [0.4, 0.5) is 4.39 Å². The van der Waals surface area contributed by atoms with E-state index in [1.54, 1.807) is 6.07 Å². The van der Waals surface area contributed by atoms with Gasteiger partial charge in [0.1, 0.15) is 11.0 Å². The first kappa shape index (κ1) is 11.6. The van der Waals surface area contributed by atoms with Crippen molar-refractivity contribution in [1.29, 1.82) is 0 Å². The van der Waals surface area contributed by atoms with Crippen molar-refractivity contribution in [3.63, 3.8) is 0 Å². The maximum Gasteiger partial charge on any atom is 0.131 e. The highest BCUT2D eigenvalue weighted by Gasteiger charge is 2.45. The first-order valence-corrected chi connectivity index (χ1v) is 5.70. The summed E-state index contributed by atoms with van der Waals surface area (Å²) in [7, 11) is 0. The van der Waals surface area contributed by atoms with Crippen molar-refractivity contribution in [1.82, 2.24) is 0 Å². The van der Waals surface area contributed by atoms with Crippen molar-refractivity contribution in [3.05, 3.63) is 35.1 Å². The predicted octanol–water partition coefficient (Wildman–Crippen LogP) is 3.88. The van der Waals surface area contributed by atoms with E-state index in [0.717, 1.165) is 0 Å². The quantitative estimate of drug-likeness (QED) is 0.652. The molecule has 1 aliphatic heterocycles. The van der Waals surface area contributed by atoms with Crippen molar-refractivity contribution in [2.45, 2.75) is 38.6 Å². The third-order valence-corrected chi connectivity index (χ3v) is 4.06. The molecule has 0 unspecified atom stereocenters. The summed E-state index contributed by atoms with van der Waals surface area (Å²) in [6, 6.07) is 4.97. The van der Waals surface area contributed by atoms with Crippen LogP contribution in [0.2, 0.25) is 0 Å². The van der Waals surface area contributed by atoms with Gasteiger partial charge in [0.25, 0.3) is 0 Å². The molecule has 1 aromatic rings. The molecular formula is C13H15ClFN. The molecule has 3 heteroatoms. The average molecular weight is 240 g/mol. The summed E-state index contributed by atoms with van der Waals surface area (Å²) >= 11 is 6.11. The summed E-state index contributed by atoms with van der Waals surface area (Å²) in [4.78, 5) is 4.47. The summed E-state index contributed by atoms with van der Waals surface area (Å²) in [5, 5.41) is 0.402. The molecule has 0 spiro atoms. The van der Waals surface area contributed by atoms with Crippen molar-refractivity contribution in [2.24, 2.45) is 4.99 Å². The van der Waals surface area contributed by atoms with Gasteiger partial charge in [-0.2, -0.15) is 0 Å². The normalized spacial score (nSPS) is 21.2. The van der Waals surface area contributed by atoms with Crippen molar-refractivity contribution in [3.8, 4) is 0 Å². The molecule has 0 aromatic heterocycles. The fourth-order valence-corrected chi connectivity index (χ4v) is 2.45. The third-order valence-electron chi connectivity index (χ3n) is 3.77. The Labute approximate surface area is 100 Å². The topological polar surface area (TPSA) is 12.4 Å². The van der Waals surface area contributed by atoms with Crippen LogP contribution in [-0.4, -0.2) is 10.7 Å². The van der Waals surface area contributed by atoms with Gasteiger partial charge in [0.15, 0.2) is 0 Å². The van der Waals surface area contributed by atoms with E-state index < -0.39 is 5.54 Å². The Balaban J connectivity index is 2.81. The zero-order chi connectivity index (χ0) is 12.1. The van der Waals surface area contributed by atoms with Crippen molar-refractivity contribution >= 4 is 16.8 Å². The monoisotopic (exact) mass is 239 g/mol. The predicted molar refractivity (Wildman–Crippen MR) is 65.9 cm³/mol. The lowest BCUT2D eigenvalue weighted by Crippen LogP contribution is -2.46. The van der Waals surface area contributed by atoms with Crippen LogP contribution in [0.3, 0.4) is 0 Å². The van der Waals surface area contributed by atoms with Gasteiger partial charge < -0.3 is 0 Å². The van der Waals surface area contributed by atoms with Gasteiger partial charge in [-0.3, -0.25) is 4.99 Å². The summed E-state index contributed by atoms with van der Waals surface area (Å²) in [5.74, 6) is -0.205. The molecule has 0 saturated heterocycles. The van der Waals surface area contributed by atoms with Gasteiger partial charge >= 0.3 is 0 Å². The van der Waals surface area contributed by atoms with Crippen LogP contribution in [0.5, 0.6) is 0 Å². The number of halogens is 2. The Hall–Kier alpha value is -0.890. The average Bonchev–Trinajstić information content (AvgIpc) is 2.14. The Morgan fingerprint density at radius 1 is 1.19 bits per heavy atom. The maximum atomic E-state index is 14.0. The van der Waals surface area contributed by atoms with E-state index in [-0.39, 0.29) is 11.2 Å². The molecule has 0 amide bonds. The molecule has 1 aliphatic rings. The van der Waals surface area contributed by atoms with E-state index in [1.165, 1.54) is 6.07 Å². The number of nitrogens with zero attached hydrogens (tertiary/aromatic N) is 1. The highest BCUT2D eigenvalue weighted by atomic mass is 35.5. The van der Waals surface area contributed by atoms with E-state index in [2.05, 4.69) is 4.99 Å². The number of hydrogen-bond donors (Lipinski definition) is 0. The number of aliphatic imine (C=N–C) groups is 1. The Kier molecular flexibility index (Phi) is 2.39. The largest absolute Gasteiger partial charge is 0.266 e. The van der Waals surface area contributed by atoms with Gasteiger partial charge in [0.05, 0.1) is 5.54 Å². The second kappa shape index (κ2) is 3.30. The lowest BCUT2D eigenvalue weighted by molar-refractivity contribution is 0.294. The van der Waals surface area contributed by atoms with Crippen LogP contribution >= 0.6 is 11.6 Å². The minimum atomic E-state index is -0.403. The van der Waals surface area contributed by atoms with Gasteiger partial charge in [0.2, 0.25) is 0 Å². The molecule has 0 saturated carbocycles.